The SMILES string of the molecule is COc1ccc([C@H]2C[C@@H]3O[C@@H]3CO2)cc1. The van der Waals surface area contributed by atoms with Gasteiger partial charge >= 0.3 is 0 Å². The maximum Gasteiger partial charge on any atom is 0.118 e. The Balaban J connectivity index is 1.74. The second-order valence-electron chi connectivity index (χ2n) is 4.04. The molecule has 2 heterocycles. The van der Waals surface area contributed by atoms with E-state index in [1.165, 1.54) is 5.56 Å². The lowest BCUT2D eigenvalue weighted by Crippen LogP contribution is -2.18. The molecule has 0 saturated carbocycles. The summed E-state index contributed by atoms with van der Waals surface area (Å²) in [5.41, 5.74) is 1.21. The molecule has 3 nitrogen and oxygen atoms in total. The monoisotopic (exact) mass is 206 g/mol. The van der Waals surface area contributed by atoms with Gasteiger partial charge < -0.3 is 14.2 Å². The van der Waals surface area contributed by atoms with Crippen molar-refractivity contribution in [2.24, 2.45) is 0 Å². The summed E-state index contributed by atoms with van der Waals surface area (Å²) in [5, 5.41) is 0. The van der Waals surface area contributed by atoms with Gasteiger partial charge in [0.1, 0.15) is 11.9 Å². The predicted molar refractivity (Wildman–Crippen MR) is 55.0 cm³/mol. The van der Waals surface area contributed by atoms with E-state index in [-0.39, 0.29) is 6.10 Å². The zero-order valence-corrected chi connectivity index (χ0v) is 8.68. The van der Waals surface area contributed by atoms with Crippen molar-refractivity contribution < 1.29 is 14.2 Å². The number of methoxy groups -OCH3 is 1. The number of rotatable bonds is 2. The van der Waals surface area contributed by atoms with Gasteiger partial charge in [0.05, 0.1) is 25.9 Å². The van der Waals surface area contributed by atoms with Gasteiger partial charge in [-0.15, -0.1) is 0 Å². The fourth-order valence-corrected chi connectivity index (χ4v) is 2.07. The molecule has 2 fully saturated rings. The molecule has 0 N–H and O–H groups in total. The quantitative estimate of drug-likeness (QED) is 0.693. The van der Waals surface area contributed by atoms with Crippen LogP contribution in [-0.2, 0) is 9.47 Å². The van der Waals surface area contributed by atoms with Crippen LogP contribution in [0.5, 0.6) is 5.75 Å². The maximum absolute atomic E-state index is 5.73. The minimum absolute atomic E-state index is 0.194. The topological polar surface area (TPSA) is 31.0 Å². The average molecular weight is 206 g/mol. The summed E-state index contributed by atoms with van der Waals surface area (Å²) in [6, 6.07) is 8.06. The van der Waals surface area contributed by atoms with Crippen LogP contribution in [0.1, 0.15) is 18.1 Å². The fraction of sp³-hybridized carbons (Fsp3) is 0.500. The minimum atomic E-state index is 0.194. The van der Waals surface area contributed by atoms with Gasteiger partial charge in [0.15, 0.2) is 0 Å². The average Bonchev–Trinajstić information content (AvgIpc) is 3.07. The summed E-state index contributed by atoms with van der Waals surface area (Å²) in [6.07, 6.45) is 1.99. The molecule has 2 aliphatic heterocycles. The smallest absolute Gasteiger partial charge is 0.118 e. The molecular weight excluding hydrogens is 192 g/mol. The first-order valence-electron chi connectivity index (χ1n) is 5.28. The van der Waals surface area contributed by atoms with E-state index >= 15 is 0 Å². The lowest BCUT2D eigenvalue weighted by molar-refractivity contribution is 0.0289. The first-order valence-corrected chi connectivity index (χ1v) is 5.28. The molecule has 0 aromatic heterocycles. The maximum atomic E-state index is 5.73. The van der Waals surface area contributed by atoms with Crippen LogP contribution in [0.4, 0.5) is 0 Å². The second kappa shape index (κ2) is 3.51. The predicted octanol–water partition coefficient (Wildman–Crippen LogP) is 1.92. The van der Waals surface area contributed by atoms with Crippen LogP contribution in [0, 0.1) is 0 Å². The molecular formula is C12H14O3. The van der Waals surface area contributed by atoms with Crippen LogP contribution in [0.2, 0.25) is 0 Å². The second-order valence-corrected chi connectivity index (χ2v) is 4.04. The molecule has 80 valence electrons. The highest BCUT2D eigenvalue weighted by Crippen LogP contribution is 2.39. The van der Waals surface area contributed by atoms with Crippen molar-refractivity contribution in [2.75, 3.05) is 13.7 Å². The van der Waals surface area contributed by atoms with Crippen LogP contribution < -0.4 is 4.74 Å². The van der Waals surface area contributed by atoms with Gasteiger partial charge in [0.25, 0.3) is 0 Å². The molecule has 3 rings (SSSR count). The highest BCUT2D eigenvalue weighted by atomic mass is 16.6. The number of hydrogen-bond donors (Lipinski definition) is 0. The van der Waals surface area contributed by atoms with Gasteiger partial charge in [-0.1, -0.05) is 12.1 Å². The van der Waals surface area contributed by atoms with E-state index in [0.29, 0.717) is 12.2 Å². The molecule has 3 heteroatoms. The lowest BCUT2D eigenvalue weighted by Gasteiger charge is -2.20. The third kappa shape index (κ3) is 1.73. The van der Waals surface area contributed by atoms with E-state index in [0.717, 1.165) is 18.8 Å². The molecule has 1 aromatic rings. The Morgan fingerprint density at radius 2 is 2.00 bits per heavy atom. The summed E-state index contributed by atoms with van der Waals surface area (Å²) in [6.45, 7) is 0.737. The third-order valence-corrected chi connectivity index (χ3v) is 3.08. The molecule has 0 unspecified atom stereocenters. The van der Waals surface area contributed by atoms with Gasteiger partial charge in [-0.05, 0) is 17.7 Å². The molecule has 2 saturated heterocycles. The Labute approximate surface area is 89.0 Å². The van der Waals surface area contributed by atoms with Crippen LogP contribution >= 0.6 is 0 Å². The van der Waals surface area contributed by atoms with Crippen molar-refractivity contribution in [3.8, 4) is 5.75 Å². The molecule has 2 aliphatic rings. The van der Waals surface area contributed by atoms with Gasteiger partial charge in [-0.3, -0.25) is 0 Å². The molecule has 0 amide bonds. The van der Waals surface area contributed by atoms with Gasteiger partial charge in [-0.25, -0.2) is 0 Å². The molecule has 0 radical (unpaired) electrons. The fourth-order valence-electron chi connectivity index (χ4n) is 2.07. The summed E-state index contributed by atoms with van der Waals surface area (Å²) in [5.74, 6) is 0.884. The summed E-state index contributed by atoms with van der Waals surface area (Å²) in [7, 11) is 1.68. The van der Waals surface area contributed by atoms with Gasteiger partial charge in [-0.2, -0.15) is 0 Å². The molecule has 0 aliphatic carbocycles. The standard InChI is InChI=1S/C12H14O3/c1-13-9-4-2-8(3-5-9)10-6-11-12(15-11)7-14-10/h2-5,10-12H,6-7H2,1H3/t10-,11+,12-/m1/s1. The van der Waals surface area contributed by atoms with E-state index < -0.39 is 0 Å². The summed E-state index contributed by atoms with van der Waals surface area (Å²) < 4.78 is 16.3. The molecule has 0 spiro atoms. The normalized spacial score (nSPS) is 33.3. The highest BCUT2D eigenvalue weighted by Gasteiger charge is 2.45. The number of fused-ring (bicyclic) bond motifs is 1. The zero-order chi connectivity index (χ0) is 10.3. The largest absolute Gasteiger partial charge is 0.497 e. The van der Waals surface area contributed by atoms with Gasteiger partial charge in [0.2, 0.25) is 0 Å². The number of benzene rings is 1. The Hall–Kier alpha value is -1.06. The van der Waals surface area contributed by atoms with E-state index in [2.05, 4.69) is 12.1 Å². The van der Waals surface area contributed by atoms with Crippen LogP contribution in [0.3, 0.4) is 0 Å². The van der Waals surface area contributed by atoms with Gasteiger partial charge in [0, 0.05) is 6.42 Å². The Morgan fingerprint density at radius 3 is 2.67 bits per heavy atom. The lowest BCUT2D eigenvalue weighted by atomic mass is 10.0. The summed E-state index contributed by atoms with van der Waals surface area (Å²) in [4.78, 5) is 0. The van der Waals surface area contributed by atoms with Crippen LogP contribution in [-0.4, -0.2) is 25.9 Å². The first kappa shape index (κ1) is 9.19. The number of epoxide rings is 1. The molecule has 1 aromatic carbocycles. The van der Waals surface area contributed by atoms with Crippen LogP contribution in [0.25, 0.3) is 0 Å². The van der Waals surface area contributed by atoms with E-state index in [9.17, 15) is 0 Å². The van der Waals surface area contributed by atoms with Crippen molar-refractivity contribution >= 4 is 0 Å². The number of hydrogen-bond acceptors (Lipinski definition) is 3. The summed E-state index contributed by atoms with van der Waals surface area (Å²) >= 11 is 0. The Morgan fingerprint density at radius 1 is 1.20 bits per heavy atom. The molecule has 3 atom stereocenters. The van der Waals surface area contributed by atoms with Crippen molar-refractivity contribution in [1.82, 2.24) is 0 Å². The Bertz CT molecular complexity index is 346. The molecule has 15 heavy (non-hydrogen) atoms. The van der Waals surface area contributed by atoms with E-state index in [4.69, 9.17) is 14.2 Å². The molecule has 0 bridgehead atoms. The number of ether oxygens (including phenoxy) is 3. The van der Waals surface area contributed by atoms with Crippen molar-refractivity contribution in [2.45, 2.75) is 24.7 Å². The van der Waals surface area contributed by atoms with Crippen molar-refractivity contribution in [3.63, 3.8) is 0 Å². The Kier molecular flexibility index (Phi) is 2.15. The van der Waals surface area contributed by atoms with E-state index in [1.54, 1.807) is 7.11 Å². The highest BCUT2D eigenvalue weighted by molar-refractivity contribution is 5.29. The van der Waals surface area contributed by atoms with Crippen molar-refractivity contribution in [1.29, 1.82) is 0 Å². The van der Waals surface area contributed by atoms with Crippen molar-refractivity contribution in [3.05, 3.63) is 29.8 Å². The first-order chi connectivity index (χ1) is 7.36. The third-order valence-electron chi connectivity index (χ3n) is 3.08. The minimum Gasteiger partial charge on any atom is -0.497 e. The van der Waals surface area contributed by atoms with Crippen LogP contribution in [0.15, 0.2) is 24.3 Å². The zero-order valence-electron chi connectivity index (χ0n) is 8.68. The van der Waals surface area contributed by atoms with E-state index in [1.807, 2.05) is 12.1 Å².